The van der Waals surface area contributed by atoms with Crippen molar-refractivity contribution in [2.45, 2.75) is 40.2 Å². The Morgan fingerprint density at radius 1 is 1.03 bits per heavy atom. The van der Waals surface area contributed by atoms with Gasteiger partial charge in [-0.3, -0.25) is 9.59 Å². The average molecular weight is 394 g/mol. The molecule has 0 saturated carbocycles. The molecule has 0 unspecified atom stereocenters. The van der Waals surface area contributed by atoms with Crippen molar-refractivity contribution < 1.29 is 9.59 Å². The summed E-state index contributed by atoms with van der Waals surface area (Å²) in [4.78, 5) is 28.9. The number of hydrogen-bond acceptors (Lipinski definition) is 3. The quantitative estimate of drug-likeness (QED) is 0.781. The molecule has 0 radical (unpaired) electrons. The number of rotatable bonds is 7. The van der Waals surface area contributed by atoms with Crippen LogP contribution in [0.3, 0.4) is 0 Å². The van der Waals surface area contributed by atoms with Crippen LogP contribution in [0.4, 0.5) is 5.69 Å². The van der Waals surface area contributed by atoms with E-state index in [9.17, 15) is 9.59 Å². The van der Waals surface area contributed by atoms with Gasteiger partial charge in [0.15, 0.2) is 0 Å². The molecule has 1 aliphatic rings. The first-order chi connectivity index (χ1) is 14.0. The van der Waals surface area contributed by atoms with Crippen molar-refractivity contribution in [3.05, 3.63) is 64.7 Å². The van der Waals surface area contributed by atoms with Gasteiger partial charge >= 0.3 is 0 Å². The SMILES string of the molecule is CCN(CC(=O)NCc1ccc(C(=O)N2CCCC2)cc1)c1ccc(C)cc1C. The Balaban J connectivity index is 1.53. The van der Waals surface area contributed by atoms with Gasteiger partial charge < -0.3 is 15.1 Å². The summed E-state index contributed by atoms with van der Waals surface area (Å²) < 4.78 is 0. The van der Waals surface area contributed by atoms with Crippen LogP contribution in [-0.4, -0.2) is 42.9 Å². The van der Waals surface area contributed by atoms with Gasteiger partial charge in [-0.2, -0.15) is 0 Å². The second kappa shape index (κ2) is 9.59. The smallest absolute Gasteiger partial charge is 0.253 e. The molecule has 0 aromatic heterocycles. The van der Waals surface area contributed by atoms with Gasteiger partial charge in [0, 0.05) is 37.4 Å². The number of carbonyl (C=O) groups excluding carboxylic acids is 2. The van der Waals surface area contributed by atoms with E-state index in [0.717, 1.165) is 43.7 Å². The molecule has 2 amide bonds. The number of anilines is 1. The Hall–Kier alpha value is -2.82. The second-order valence-electron chi connectivity index (χ2n) is 7.78. The Bertz CT molecular complexity index is 855. The fraction of sp³-hybridized carbons (Fsp3) is 0.417. The molecule has 2 aromatic rings. The number of benzene rings is 2. The van der Waals surface area contributed by atoms with Gasteiger partial charge in [0.2, 0.25) is 5.91 Å². The van der Waals surface area contributed by atoms with Crippen molar-refractivity contribution in [1.29, 1.82) is 0 Å². The number of carbonyl (C=O) groups is 2. The molecule has 2 aromatic carbocycles. The fourth-order valence-electron chi connectivity index (χ4n) is 3.83. The van der Waals surface area contributed by atoms with Gasteiger partial charge in [0.1, 0.15) is 0 Å². The van der Waals surface area contributed by atoms with Crippen LogP contribution in [0.2, 0.25) is 0 Å². The number of likely N-dealkylation sites (tertiary alicyclic amines) is 1. The van der Waals surface area contributed by atoms with E-state index in [-0.39, 0.29) is 11.8 Å². The fourth-order valence-corrected chi connectivity index (χ4v) is 3.83. The molecular formula is C24H31N3O2. The number of hydrogen-bond donors (Lipinski definition) is 1. The van der Waals surface area contributed by atoms with E-state index in [0.29, 0.717) is 18.7 Å². The van der Waals surface area contributed by atoms with Crippen molar-refractivity contribution in [1.82, 2.24) is 10.2 Å². The first kappa shape index (κ1) is 20.9. The van der Waals surface area contributed by atoms with Crippen LogP contribution >= 0.6 is 0 Å². The maximum absolute atomic E-state index is 12.5. The van der Waals surface area contributed by atoms with Crippen molar-refractivity contribution >= 4 is 17.5 Å². The summed E-state index contributed by atoms with van der Waals surface area (Å²) in [5.41, 5.74) is 5.20. The van der Waals surface area contributed by atoms with Crippen molar-refractivity contribution in [3.63, 3.8) is 0 Å². The largest absolute Gasteiger partial charge is 0.362 e. The number of amides is 2. The van der Waals surface area contributed by atoms with Crippen LogP contribution < -0.4 is 10.2 Å². The number of nitrogens with one attached hydrogen (secondary N) is 1. The van der Waals surface area contributed by atoms with Crippen molar-refractivity contribution in [2.75, 3.05) is 31.1 Å². The summed E-state index contributed by atoms with van der Waals surface area (Å²) in [6.45, 7) is 9.47. The summed E-state index contributed by atoms with van der Waals surface area (Å²) in [6, 6.07) is 13.9. The Morgan fingerprint density at radius 3 is 2.34 bits per heavy atom. The molecule has 0 bridgehead atoms. The minimum absolute atomic E-state index is 0.0101. The summed E-state index contributed by atoms with van der Waals surface area (Å²) in [6.07, 6.45) is 2.18. The molecular weight excluding hydrogens is 362 g/mol. The molecule has 0 aliphatic carbocycles. The van der Waals surface area contributed by atoms with Gasteiger partial charge in [0.05, 0.1) is 6.54 Å². The molecule has 1 saturated heterocycles. The second-order valence-corrected chi connectivity index (χ2v) is 7.78. The van der Waals surface area contributed by atoms with Crippen LogP contribution in [0.15, 0.2) is 42.5 Å². The van der Waals surface area contributed by atoms with E-state index in [4.69, 9.17) is 0 Å². The van der Waals surface area contributed by atoms with Gasteiger partial charge in [-0.05, 0) is 62.9 Å². The minimum Gasteiger partial charge on any atom is -0.362 e. The highest BCUT2D eigenvalue weighted by Gasteiger charge is 2.19. The summed E-state index contributed by atoms with van der Waals surface area (Å²) in [7, 11) is 0. The lowest BCUT2D eigenvalue weighted by Gasteiger charge is -2.24. The van der Waals surface area contributed by atoms with E-state index in [1.807, 2.05) is 29.2 Å². The third-order valence-corrected chi connectivity index (χ3v) is 5.49. The minimum atomic E-state index is -0.0101. The molecule has 0 atom stereocenters. The molecule has 154 valence electrons. The first-order valence-corrected chi connectivity index (χ1v) is 10.4. The average Bonchev–Trinajstić information content (AvgIpc) is 3.25. The maximum atomic E-state index is 12.5. The molecule has 0 spiro atoms. The van der Waals surface area contributed by atoms with Crippen LogP contribution in [0.1, 0.15) is 46.8 Å². The molecule has 5 nitrogen and oxygen atoms in total. The van der Waals surface area contributed by atoms with Crippen LogP contribution in [0.5, 0.6) is 0 Å². The Labute approximate surface area is 173 Å². The van der Waals surface area contributed by atoms with Gasteiger partial charge in [0.25, 0.3) is 5.91 Å². The lowest BCUT2D eigenvalue weighted by atomic mass is 10.1. The van der Waals surface area contributed by atoms with Gasteiger partial charge in [-0.15, -0.1) is 0 Å². The normalized spacial score (nSPS) is 13.4. The monoisotopic (exact) mass is 393 g/mol. The number of nitrogens with zero attached hydrogens (tertiary/aromatic N) is 2. The predicted molar refractivity (Wildman–Crippen MR) is 117 cm³/mol. The van der Waals surface area contributed by atoms with E-state index < -0.39 is 0 Å². The molecule has 1 heterocycles. The highest BCUT2D eigenvalue weighted by atomic mass is 16.2. The zero-order chi connectivity index (χ0) is 20.8. The highest BCUT2D eigenvalue weighted by molar-refractivity contribution is 5.94. The highest BCUT2D eigenvalue weighted by Crippen LogP contribution is 2.20. The third kappa shape index (κ3) is 5.37. The molecule has 5 heteroatoms. The van der Waals surface area contributed by atoms with E-state index >= 15 is 0 Å². The van der Waals surface area contributed by atoms with E-state index in [1.54, 1.807) is 0 Å². The van der Waals surface area contributed by atoms with Gasteiger partial charge in [-0.1, -0.05) is 29.8 Å². The van der Waals surface area contributed by atoms with Crippen LogP contribution in [-0.2, 0) is 11.3 Å². The molecule has 1 aliphatic heterocycles. The zero-order valence-electron chi connectivity index (χ0n) is 17.7. The zero-order valence-corrected chi connectivity index (χ0v) is 17.7. The standard InChI is InChI=1S/C24H31N3O2/c1-4-26(22-12-7-18(2)15-19(22)3)17-23(28)25-16-20-8-10-21(11-9-20)24(29)27-13-5-6-14-27/h7-12,15H,4-6,13-14,16-17H2,1-3H3,(H,25,28). The number of aryl methyl sites for hydroxylation is 2. The molecule has 29 heavy (non-hydrogen) atoms. The van der Waals surface area contributed by atoms with Gasteiger partial charge in [-0.25, -0.2) is 0 Å². The Morgan fingerprint density at radius 2 is 1.72 bits per heavy atom. The topological polar surface area (TPSA) is 52.7 Å². The maximum Gasteiger partial charge on any atom is 0.253 e. The lowest BCUT2D eigenvalue weighted by Crippen LogP contribution is -2.37. The lowest BCUT2D eigenvalue weighted by molar-refractivity contribution is -0.119. The molecule has 1 fully saturated rings. The van der Waals surface area contributed by atoms with E-state index in [1.165, 1.54) is 11.1 Å². The van der Waals surface area contributed by atoms with Crippen LogP contribution in [0.25, 0.3) is 0 Å². The van der Waals surface area contributed by atoms with Crippen LogP contribution in [0, 0.1) is 13.8 Å². The Kier molecular flexibility index (Phi) is 6.91. The third-order valence-electron chi connectivity index (χ3n) is 5.49. The molecule has 3 rings (SSSR count). The first-order valence-electron chi connectivity index (χ1n) is 10.4. The van der Waals surface area contributed by atoms with E-state index in [2.05, 4.69) is 49.2 Å². The molecule has 1 N–H and O–H groups in total. The predicted octanol–water partition coefficient (Wildman–Crippen LogP) is 3.68. The van der Waals surface area contributed by atoms with Crippen molar-refractivity contribution in [2.24, 2.45) is 0 Å². The van der Waals surface area contributed by atoms with Crippen molar-refractivity contribution in [3.8, 4) is 0 Å². The summed E-state index contributed by atoms with van der Waals surface area (Å²) >= 11 is 0. The summed E-state index contributed by atoms with van der Waals surface area (Å²) in [5, 5.41) is 2.99. The summed E-state index contributed by atoms with van der Waals surface area (Å²) in [5.74, 6) is 0.0918. The number of likely N-dealkylation sites (N-methyl/N-ethyl adjacent to an activating group) is 1.